The summed E-state index contributed by atoms with van der Waals surface area (Å²) in [6, 6.07) is 5.57. The third-order valence-corrected chi connectivity index (χ3v) is 3.22. The normalized spacial score (nSPS) is 9.62. The molecule has 2 nitrogen and oxygen atoms in total. The summed E-state index contributed by atoms with van der Waals surface area (Å²) in [4.78, 5) is 13.7. The molecule has 0 aliphatic rings. The lowest BCUT2D eigenvalue weighted by atomic mass is 10.1. The molecule has 0 heterocycles. The van der Waals surface area contributed by atoms with Crippen molar-refractivity contribution in [3.05, 3.63) is 33.8 Å². The SMILES string of the molecule is C#CCN(CC)C(=O)c1ccc(C)c(Br)c1. The molecule has 1 amide bonds. The van der Waals surface area contributed by atoms with Crippen molar-refractivity contribution in [2.45, 2.75) is 13.8 Å². The predicted molar refractivity (Wildman–Crippen MR) is 69.3 cm³/mol. The van der Waals surface area contributed by atoms with E-state index >= 15 is 0 Å². The van der Waals surface area contributed by atoms with E-state index in [1.54, 1.807) is 4.90 Å². The van der Waals surface area contributed by atoms with Crippen molar-refractivity contribution in [3.63, 3.8) is 0 Å². The highest BCUT2D eigenvalue weighted by Crippen LogP contribution is 2.18. The van der Waals surface area contributed by atoms with Gasteiger partial charge in [-0.15, -0.1) is 6.42 Å². The van der Waals surface area contributed by atoms with Gasteiger partial charge in [0, 0.05) is 16.6 Å². The highest BCUT2D eigenvalue weighted by molar-refractivity contribution is 9.10. The van der Waals surface area contributed by atoms with Gasteiger partial charge in [-0.3, -0.25) is 4.79 Å². The maximum Gasteiger partial charge on any atom is 0.254 e. The number of terminal acetylenes is 1. The number of benzene rings is 1. The van der Waals surface area contributed by atoms with Crippen LogP contribution >= 0.6 is 15.9 Å². The minimum atomic E-state index is -0.0267. The fourth-order valence-electron chi connectivity index (χ4n) is 1.35. The van der Waals surface area contributed by atoms with E-state index in [4.69, 9.17) is 6.42 Å². The van der Waals surface area contributed by atoms with Gasteiger partial charge in [-0.1, -0.05) is 27.9 Å². The number of hydrogen-bond acceptors (Lipinski definition) is 1. The van der Waals surface area contributed by atoms with Crippen LogP contribution in [0.15, 0.2) is 22.7 Å². The molecule has 0 saturated heterocycles. The Morgan fingerprint density at radius 1 is 1.56 bits per heavy atom. The van der Waals surface area contributed by atoms with Crippen LogP contribution in [0, 0.1) is 19.3 Å². The fraction of sp³-hybridized carbons (Fsp3) is 0.308. The Labute approximate surface area is 105 Å². The lowest BCUT2D eigenvalue weighted by Crippen LogP contribution is -2.31. The summed E-state index contributed by atoms with van der Waals surface area (Å²) >= 11 is 3.41. The topological polar surface area (TPSA) is 20.3 Å². The van der Waals surface area contributed by atoms with Crippen molar-refractivity contribution < 1.29 is 4.79 Å². The van der Waals surface area contributed by atoms with Crippen molar-refractivity contribution in [3.8, 4) is 12.3 Å². The van der Waals surface area contributed by atoms with Gasteiger partial charge in [0.1, 0.15) is 0 Å². The summed E-state index contributed by atoms with van der Waals surface area (Å²) in [6.45, 7) is 4.87. The standard InChI is InChI=1S/C13H14BrNO/c1-4-8-15(5-2)13(16)11-7-6-10(3)12(14)9-11/h1,6-7,9H,5,8H2,2-3H3. The molecule has 3 heteroatoms. The molecule has 0 aliphatic heterocycles. The third kappa shape index (κ3) is 2.86. The third-order valence-electron chi connectivity index (χ3n) is 2.37. The Kier molecular flexibility index (Phi) is 4.57. The Balaban J connectivity index is 2.95. The van der Waals surface area contributed by atoms with Gasteiger partial charge in [0.15, 0.2) is 0 Å². The molecule has 84 valence electrons. The van der Waals surface area contributed by atoms with Crippen molar-refractivity contribution in [2.24, 2.45) is 0 Å². The van der Waals surface area contributed by atoms with Gasteiger partial charge in [-0.2, -0.15) is 0 Å². The van der Waals surface area contributed by atoms with Crippen LogP contribution in [0.3, 0.4) is 0 Å². The maximum atomic E-state index is 12.0. The van der Waals surface area contributed by atoms with E-state index in [0.29, 0.717) is 18.7 Å². The minimum Gasteiger partial charge on any atom is -0.328 e. The van der Waals surface area contributed by atoms with E-state index in [9.17, 15) is 4.79 Å². The van der Waals surface area contributed by atoms with Crippen molar-refractivity contribution in [1.82, 2.24) is 4.90 Å². The summed E-state index contributed by atoms with van der Waals surface area (Å²) < 4.78 is 0.940. The fourth-order valence-corrected chi connectivity index (χ4v) is 1.72. The quantitative estimate of drug-likeness (QED) is 0.780. The van der Waals surface area contributed by atoms with E-state index < -0.39 is 0 Å². The number of amides is 1. The van der Waals surface area contributed by atoms with Gasteiger partial charge in [-0.05, 0) is 31.5 Å². The average Bonchev–Trinajstić information content (AvgIpc) is 2.28. The molecule has 0 spiro atoms. The van der Waals surface area contributed by atoms with Gasteiger partial charge in [0.05, 0.1) is 6.54 Å². The number of halogens is 1. The van der Waals surface area contributed by atoms with Crippen LogP contribution in [0.25, 0.3) is 0 Å². The van der Waals surface area contributed by atoms with Gasteiger partial charge >= 0.3 is 0 Å². The van der Waals surface area contributed by atoms with E-state index in [1.165, 1.54) is 0 Å². The number of nitrogens with zero attached hydrogens (tertiary/aromatic N) is 1. The first-order valence-electron chi connectivity index (χ1n) is 5.09. The van der Waals surface area contributed by atoms with Gasteiger partial charge < -0.3 is 4.90 Å². The van der Waals surface area contributed by atoms with E-state index in [0.717, 1.165) is 10.0 Å². The second-order valence-corrected chi connectivity index (χ2v) is 4.34. The number of hydrogen-bond donors (Lipinski definition) is 0. The number of aryl methyl sites for hydroxylation is 1. The van der Waals surface area contributed by atoms with E-state index in [2.05, 4.69) is 21.9 Å². The number of rotatable bonds is 3. The molecular formula is C13H14BrNO. The molecule has 0 bridgehead atoms. The Hall–Kier alpha value is -1.27. The van der Waals surface area contributed by atoms with Gasteiger partial charge in [-0.25, -0.2) is 0 Å². The lowest BCUT2D eigenvalue weighted by molar-refractivity contribution is 0.0785. The molecule has 16 heavy (non-hydrogen) atoms. The maximum absolute atomic E-state index is 12.0. The molecule has 0 saturated carbocycles. The first kappa shape index (κ1) is 12.8. The molecule has 0 atom stereocenters. The zero-order valence-corrected chi connectivity index (χ0v) is 11.0. The summed E-state index contributed by atoms with van der Waals surface area (Å²) in [5.74, 6) is 2.46. The van der Waals surface area contributed by atoms with Crippen LogP contribution in [0.2, 0.25) is 0 Å². The molecule has 0 aliphatic carbocycles. The smallest absolute Gasteiger partial charge is 0.254 e. The van der Waals surface area contributed by atoms with Crippen LogP contribution in [-0.2, 0) is 0 Å². The molecule has 0 N–H and O–H groups in total. The van der Waals surface area contributed by atoms with Crippen molar-refractivity contribution in [1.29, 1.82) is 0 Å². The van der Waals surface area contributed by atoms with Gasteiger partial charge in [0.2, 0.25) is 0 Å². The van der Waals surface area contributed by atoms with Gasteiger partial charge in [0.25, 0.3) is 5.91 Å². The summed E-state index contributed by atoms with van der Waals surface area (Å²) in [5.41, 5.74) is 1.77. The monoisotopic (exact) mass is 279 g/mol. The van der Waals surface area contributed by atoms with E-state index in [-0.39, 0.29) is 5.91 Å². The molecule has 1 aromatic rings. The molecule has 1 aromatic carbocycles. The summed E-state index contributed by atoms with van der Waals surface area (Å²) in [6.07, 6.45) is 5.22. The second kappa shape index (κ2) is 5.72. The highest BCUT2D eigenvalue weighted by atomic mass is 79.9. The zero-order chi connectivity index (χ0) is 12.1. The first-order valence-corrected chi connectivity index (χ1v) is 5.88. The van der Waals surface area contributed by atoms with Crippen LogP contribution in [-0.4, -0.2) is 23.9 Å². The van der Waals surface area contributed by atoms with Crippen LogP contribution < -0.4 is 0 Å². The number of carbonyl (C=O) groups excluding carboxylic acids is 1. The summed E-state index contributed by atoms with van der Waals surface area (Å²) in [7, 11) is 0. The van der Waals surface area contributed by atoms with Crippen LogP contribution in [0.5, 0.6) is 0 Å². The lowest BCUT2D eigenvalue weighted by Gasteiger charge is -2.18. The molecule has 0 fully saturated rings. The first-order chi connectivity index (χ1) is 7.60. The van der Waals surface area contributed by atoms with E-state index in [1.807, 2.05) is 32.0 Å². The highest BCUT2D eigenvalue weighted by Gasteiger charge is 2.13. The zero-order valence-electron chi connectivity index (χ0n) is 9.46. The van der Waals surface area contributed by atoms with Crippen molar-refractivity contribution in [2.75, 3.05) is 13.1 Å². The minimum absolute atomic E-state index is 0.0267. The van der Waals surface area contributed by atoms with Crippen LogP contribution in [0.1, 0.15) is 22.8 Å². The summed E-state index contributed by atoms with van der Waals surface area (Å²) in [5, 5.41) is 0. The Morgan fingerprint density at radius 3 is 2.75 bits per heavy atom. The predicted octanol–water partition coefficient (Wildman–Crippen LogP) is 2.85. The molecule has 0 aromatic heterocycles. The van der Waals surface area contributed by atoms with Crippen LogP contribution in [0.4, 0.5) is 0 Å². The largest absolute Gasteiger partial charge is 0.328 e. The molecule has 1 rings (SSSR count). The second-order valence-electron chi connectivity index (χ2n) is 3.49. The average molecular weight is 280 g/mol. The number of carbonyl (C=O) groups is 1. The Bertz CT molecular complexity index is 434. The Morgan fingerprint density at radius 2 is 2.25 bits per heavy atom. The molecule has 0 unspecified atom stereocenters. The molecular weight excluding hydrogens is 266 g/mol. The van der Waals surface area contributed by atoms with Crippen molar-refractivity contribution >= 4 is 21.8 Å². The molecule has 0 radical (unpaired) electrons.